The normalized spacial score (nSPS) is 28.0. The first-order chi connectivity index (χ1) is 12.2. The fourth-order valence-electron chi connectivity index (χ4n) is 4.77. The molecule has 27 heavy (non-hydrogen) atoms. The highest BCUT2D eigenvalue weighted by Crippen LogP contribution is 2.33. The van der Waals surface area contributed by atoms with Crippen molar-refractivity contribution in [3.05, 3.63) is 29.8 Å². The van der Waals surface area contributed by atoms with Crippen molar-refractivity contribution in [1.29, 1.82) is 0 Å². The van der Waals surface area contributed by atoms with Gasteiger partial charge in [0.15, 0.2) is 0 Å². The maximum atomic E-state index is 12.9. The van der Waals surface area contributed by atoms with E-state index in [1.807, 2.05) is 23.1 Å². The van der Waals surface area contributed by atoms with Crippen molar-refractivity contribution in [2.75, 3.05) is 26.2 Å². The van der Waals surface area contributed by atoms with Crippen molar-refractivity contribution < 1.29 is 9.90 Å². The summed E-state index contributed by atoms with van der Waals surface area (Å²) in [5, 5.41) is 13.2. The summed E-state index contributed by atoms with van der Waals surface area (Å²) in [5.74, 6) is 1.35. The summed E-state index contributed by atoms with van der Waals surface area (Å²) in [4.78, 5) is 17.3. The van der Waals surface area contributed by atoms with Gasteiger partial charge in [0, 0.05) is 38.8 Å². The molecular formula is C20H31Cl2N3O2. The summed E-state index contributed by atoms with van der Waals surface area (Å²) < 4.78 is 0. The first kappa shape index (κ1) is 22.3. The second kappa shape index (κ2) is 9.97. The quantitative estimate of drug-likeness (QED) is 0.796. The Labute approximate surface area is 174 Å². The number of piperazine rings is 1. The minimum Gasteiger partial charge on any atom is -0.508 e. The zero-order chi connectivity index (χ0) is 17.2. The molecule has 0 radical (unpaired) electrons. The van der Waals surface area contributed by atoms with Gasteiger partial charge in [0.25, 0.3) is 0 Å². The fraction of sp³-hybridized carbons (Fsp3) is 0.650. The van der Waals surface area contributed by atoms with E-state index in [1.165, 1.54) is 25.7 Å². The Morgan fingerprint density at radius 3 is 2.56 bits per heavy atom. The van der Waals surface area contributed by atoms with Gasteiger partial charge in [-0.15, -0.1) is 24.8 Å². The highest BCUT2D eigenvalue weighted by atomic mass is 35.5. The number of nitrogens with zero attached hydrogens (tertiary/aromatic N) is 2. The van der Waals surface area contributed by atoms with Crippen molar-refractivity contribution in [2.24, 2.45) is 5.92 Å². The molecule has 2 N–H and O–H groups in total. The van der Waals surface area contributed by atoms with Crippen LogP contribution in [0.5, 0.6) is 5.75 Å². The summed E-state index contributed by atoms with van der Waals surface area (Å²) in [5.41, 5.74) is 1.13. The van der Waals surface area contributed by atoms with Gasteiger partial charge in [-0.2, -0.15) is 0 Å². The Hall–Kier alpha value is -1.01. The molecule has 3 atom stereocenters. The van der Waals surface area contributed by atoms with Crippen LogP contribution in [0.25, 0.3) is 0 Å². The number of hydrogen-bond donors (Lipinski definition) is 2. The van der Waals surface area contributed by atoms with Crippen LogP contribution in [0, 0.1) is 5.92 Å². The predicted molar refractivity (Wildman–Crippen MR) is 112 cm³/mol. The third-order valence-electron chi connectivity index (χ3n) is 6.16. The first-order valence-corrected chi connectivity index (χ1v) is 9.74. The SMILES string of the molecule is Cl.Cl.O=C(C1CC2CCCCC2N1)N1CCN(Cc2cccc(O)c2)CC1. The molecule has 1 aromatic rings. The van der Waals surface area contributed by atoms with E-state index < -0.39 is 0 Å². The van der Waals surface area contributed by atoms with E-state index in [0.29, 0.717) is 17.7 Å². The third kappa shape index (κ3) is 5.29. The van der Waals surface area contributed by atoms with Crippen LogP contribution >= 0.6 is 24.8 Å². The second-order valence-electron chi connectivity index (χ2n) is 7.88. The number of fused-ring (bicyclic) bond motifs is 1. The number of hydrogen-bond acceptors (Lipinski definition) is 4. The third-order valence-corrected chi connectivity index (χ3v) is 6.16. The number of nitrogens with one attached hydrogen (secondary N) is 1. The number of aromatic hydroxyl groups is 1. The highest BCUT2D eigenvalue weighted by Gasteiger charge is 2.40. The smallest absolute Gasteiger partial charge is 0.239 e. The second-order valence-corrected chi connectivity index (χ2v) is 7.88. The van der Waals surface area contributed by atoms with Gasteiger partial charge in [-0.1, -0.05) is 25.0 Å². The van der Waals surface area contributed by atoms with Gasteiger partial charge in [-0.3, -0.25) is 9.69 Å². The van der Waals surface area contributed by atoms with Crippen LogP contribution in [0.3, 0.4) is 0 Å². The standard InChI is InChI=1S/C20H29N3O2.2ClH/c24-17-6-3-4-15(12-17)14-22-8-10-23(11-9-22)20(25)19-13-16-5-1-2-7-18(16)21-19;;/h3-4,6,12,16,18-19,21,24H,1-2,5,7-11,13-14H2;2*1H. The Balaban J connectivity index is 0.00000131. The lowest BCUT2D eigenvalue weighted by molar-refractivity contribution is -0.135. The molecule has 1 amide bonds. The molecule has 0 bridgehead atoms. The lowest BCUT2D eigenvalue weighted by Gasteiger charge is -2.36. The molecule has 3 aliphatic rings. The van der Waals surface area contributed by atoms with E-state index >= 15 is 0 Å². The van der Waals surface area contributed by atoms with E-state index in [1.54, 1.807) is 6.07 Å². The number of benzene rings is 1. The van der Waals surface area contributed by atoms with Gasteiger partial charge < -0.3 is 15.3 Å². The molecule has 4 rings (SSSR count). The largest absolute Gasteiger partial charge is 0.508 e. The molecule has 3 fully saturated rings. The zero-order valence-corrected chi connectivity index (χ0v) is 17.3. The number of halogens is 2. The van der Waals surface area contributed by atoms with E-state index in [0.717, 1.165) is 50.6 Å². The van der Waals surface area contributed by atoms with E-state index in [9.17, 15) is 9.90 Å². The van der Waals surface area contributed by atoms with Crippen molar-refractivity contribution in [3.63, 3.8) is 0 Å². The van der Waals surface area contributed by atoms with Crippen LogP contribution in [0.15, 0.2) is 24.3 Å². The summed E-state index contributed by atoms with van der Waals surface area (Å²) in [6, 6.07) is 8.07. The fourth-order valence-corrected chi connectivity index (χ4v) is 4.77. The maximum Gasteiger partial charge on any atom is 0.239 e. The minimum atomic E-state index is 0. The summed E-state index contributed by atoms with van der Waals surface area (Å²) >= 11 is 0. The van der Waals surface area contributed by atoms with Gasteiger partial charge in [-0.05, 0) is 42.9 Å². The van der Waals surface area contributed by atoms with Crippen LogP contribution in [0.2, 0.25) is 0 Å². The monoisotopic (exact) mass is 415 g/mol. The average molecular weight is 416 g/mol. The summed E-state index contributed by atoms with van der Waals surface area (Å²) in [6.45, 7) is 4.26. The predicted octanol–water partition coefficient (Wildman–Crippen LogP) is 2.80. The Morgan fingerprint density at radius 1 is 1.11 bits per heavy atom. The number of rotatable bonds is 3. The molecule has 0 spiro atoms. The number of carbonyl (C=O) groups is 1. The molecule has 2 aliphatic heterocycles. The topological polar surface area (TPSA) is 55.8 Å². The molecule has 2 saturated heterocycles. The molecule has 0 aromatic heterocycles. The maximum absolute atomic E-state index is 12.9. The summed E-state index contributed by atoms with van der Waals surface area (Å²) in [7, 11) is 0. The van der Waals surface area contributed by atoms with Gasteiger partial charge >= 0.3 is 0 Å². The van der Waals surface area contributed by atoms with E-state index in [-0.39, 0.29) is 30.9 Å². The molecule has 152 valence electrons. The lowest BCUT2D eigenvalue weighted by atomic mass is 9.85. The average Bonchev–Trinajstić information content (AvgIpc) is 3.06. The molecule has 2 heterocycles. The van der Waals surface area contributed by atoms with Crippen LogP contribution in [0.4, 0.5) is 0 Å². The minimum absolute atomic E-state index is 0. The van der Waals surface area contributed by atoms with E-state index in [4.69, 9.17) is 0 Å². The Kier molecular flexibility index (Phi) is 8.22. The van der Waals surface area contributed by atoms with Crippen molar-refractivity contribution in [3.8, 4) is 5.75 Å². The zero-order valence-electron chi connectivity index (χ0n) is 15.7. The molecule has 1 saturated carbocycles. The van der Waals surface area contributed by atoms with Gasteiger partial charge in [0.1, 0.15) is 5.75 Å². The molecule has 3 unspecified atom stereocenters. The van der Waals surface area contributed by atoms with Crippen molar-refractivity contribution in [2.45, 2.75) is 50.7 Å². The van der Waals surface area contributed by atoms with Crippen molar-refractivity contribution >= 4 is 30.7 Å². The molecule has 5 nitrogen and oxygen atoms in total. The van der Waals surface area contributed by atoms with Gasteiger partial charge in [0.2, 0.25) is 5.91 Å². The molecule has 1 aromatic carbocycles. The van der Waals surface area contributed by atoms with Crippen molar-refractivity contribution in [1.82, 2.24) is 15.1 Å². The highest BCUT2D eigenvalue weighted by molar-refractivity contribution is 5.85. The van der Waals surface area contributed by atoms with E-state index in [2.05, 4.69) is 10.2 Å². The summed E-state index contributed by atoms with van der Waals surface area (Å²) in [6.07, 6.45) is 6.21. The van der Waals surface area contributed by atoms with Crippen LogP contribution in [-0.4, -0.2) is 59.1 Å². The Bertz CT molecular complexity index is 609. The number of amides is 1. The lowest BCUT2D eigenvalue weighted by Crippen LogP contribution is -2.53. The molecule has 7 heteroatoms. The van der Waals surface area contributed by atoms with Crippen LogP contribution < -0.4 is 5.32 Å². The molecular weight excluding hydrogens is 385 g/mol. The number of carbonyl (C=O) groups excluding carboxylic acids is 1. The molecule has 1 aliphatic carbocycles. The van der Waals surface area contributed by atoms with Gasteiger partial charge in [-0.25, -0.2) is 0 Å². The van der Waals surface area contributed by atoms with Crippen LogP contribution in [0.1, 0.15) is 37.7 Å². The van der Waals surface area contributed by atoms with Gasteiger partial charge in [0.05, 0.1) is 6.04 Å². The number of phenolic OH excluding ortho intramolecular Hbond substituents is 1. The Morgan fingerprint density at radius 2 is 1.85 bits per heavy atom. The number of phenols is 1. The first-order valence-electron chi connectivity index (χ1n) is 9.74. The van der Waals surface area contributed by atoms with Crippen LogP contribution in [-0.2, 0) is 11.3 Å².